The minimum Gasteiger partial charge on any atom is -0.481 e. The van der Waals surface area contributed by atoms with Gasteiger partial charge in [0.25, 0.3) is 0 Å². The Hall–Kier alpha value is -1.30. The maximum absolute atomic E-state index is 11.2. The standard InChI is InChI=1S/C14H23NO5/c16-13(17)10-6-7-15(14(18)19)11(8-10)9-20-12-4-2-1-3-5-12/h10-12H,1-9H2,(H,16,17)(H,18,19). The van der Waals surface area contributed by atoms with E-state index in [0.29, 0.717) is 19.4 Å². The van der Waals surface area contributed by atoms with E-state index in [0.717, 1.165) is 25.7 Å². The van der Waals surface area contributed by atoms with Crippen LogP contribution in [-0.2, 0) is 9.53 Å². The highest BCUT2D eigenvalue weighted by atomic mass is 16.5. The average Bonchev–Trinajstić information content (AvgIpc) is 2.45. The van der Waals surface area contributed by atoms with Crippen LogP contribution in [0.5, 0.6) is 0 Å². The summed E-state index contributed by atoms with van der Waals surface area (Å²) >= 11 is 0. The van der Waals surface area contributed by atoms with Crippen molar-refractivity contribution >= 4 is 12.1 Å². The van der Waals surface area contributed by atoms with Crippen LogP contribution in [0.4, 0.5) is 4.79 Å². The molecule has 2 aliphatic rings. The number of ether oxygens (including phenoxy) is 1. The molecule has 1 saturated heterocycles. The van der Waals surface area contributed by atoms with Gasteiger partial charge in [-0.1, -0.05) is 19.3 Å². The summed E-state index contributed by atoms with van der Waals surface area (Å²) in [6.07, 6.45) is 5.60. The number of rotatable bonds is 4. The first-order valence-electron chi connectivity index (χ1n) is 7.42. The third-order valence-corrected chi connectivity index (χ3v) is 4.39. The Kier molecular flexibility index (Phi) is 5.23. The molecule has 114 valence electrons. The lowest BCUT2D eigenvalue weighted by Crippen LogP contribution is -2.49. The van der Waals surface area contributed by atoms with Crippen LogP contribution in [-0.4, -0.2) is 52.5 Å². The van der Waals surface area contributed by atoms with Gasteiger partial charge in [-0.05, 0) is 25.7 Å². The molecule has 0 radical (unpaired) electrons. The second-order valence-electron chi connectivity index (χ2n) is 5.78. The summed E-state index contributed by atoms with van der Waals surface area (Å²) in [4.78, 5) is 23.6. The van der Waals surface area contributed by atoms with Gasteiger partial charge in [-0.2, -0.15) is 0 Å². The van der Waals surface area contributed by atoms with Crippen LogP contribution in [0.15, 0.2) is 0 Å². The van der Waals surface area contributed by atoms with Gasteiger partial charge >= 0.3 is 12.1 Å². The quantitative estimate of drug-likeness (QED) is 0.826. The molecule has 1 amide bonds. The summed E-state index contributed by atoms with van der Waals surface area (Å²) in [7, 11) is 0. The zero-order valence-electron chi connectivity index (χ0n) is 11.7. The van der Waals surface area contributed by atoms with E-state index in [4.69, 9.17) is 9.84 Å². The van der Waals surface area contributed by atoms with Gasteiger partial charge in [0.1, 0.15) is 0 Å². The van der Waals surface area contributed by atoms with Gasteiger partial charge in [0.2, 0.25) is 0 Å². The highest BCUT2D eigenvalue weighted by molar-refractivity contribution is 5.71. The molecule has 1 aliphatic heterocycles. The van der Waals surface area contributed by atoms with Crippen LogP contribution >= 0.6 is 0 Å². The third-order valence-electron chi connectivity index (χ3n) is 4.39. The van der Waals surface area contributed by atoms with Crippen molar-refractivity contribution in [1.29, 1.82) is 0 Å². The van der Waals surface area contributed by atoms with Gasteiger partial charge in [-0.3, -0.25) is 4.79 Å². The summed E-state index contributed by atoms with van der Waals surface area (Å²) in [6, 6.07) is -0.329. The SMILES string of the molecule is O=C(O)C1CCN(C(=O)O)C(COC2CCCCC2)C1. The maximum Gasteiger partial charge on any atom is 0.407 e. The molecular weight excluding hydrogens is 262 g/mol. The number of hydrogen-bond acceptors (Lipinski definition) is 3. The normalized spacial score (nSPS) is 28.3. The van der Waals surface area contributed by atoms with Crippen LogP contribution in [0.3, 0.4) is 0 Å². The molecule has 2 N–H and O–H groups in total. The van der Waals surface area contributed by atoms with E-state index in [1.54, 1.807) is 0 Å². The minimum atomic E-state index is -0.980. The Labute approximate surface area is 118 Å². The fraction of sp³-hybridized carbons (Fsp3) is 0.857. The zero-order chi connectivity index (χ0) is 14.5. The molecule has 0 aromatic carbocycles. The van der Waals surface area contributed by atoms with Gasteiger partial charge in [0, 0.05) is 6.54 Å². The van der Waals surface area contributed by atoms with Crippen molar-refractivity contribution in [2.45, 2.75) is 57.1 Å². The molecule has 20 heavy (non-hydrogen) atoms. The minimum absolute atomic E-state index is 0.213. The van der Waals surface area contributed by atoms with E-state index in [9.17, 15) is 14.7 Å². The predicted octanol–water partition coefficient (Wildman–Crippen LogP) is 2.18. The first-order valence-corrected chi connectivity index (χ1v) is 7.42. The van der Waals surface area contributed by atoms with Gasteiger partial charge < -0.3 is 19.8 Å². The molecule has 2 fully saturated rings. The Morgan fingerprint density at radius 2 is 1.80 bits per heavy atom. The molecule has 2 unspecified atom stereocenters. The number of carboxylic acids is 1. The molecule has 1 heterocycles. The largest absolute Gasteiger partial charge is 0.481 e. The van der Waals surface area contributed by atoms with Gasteiger partial charge in [0.05, 0.1) is 24.7 Å². The Bertz CT molecular complexity index is 353. The number of carboxylic acid groups (broad SMARTS) is 2. The topological polar surface area (TPSA) is 87.1 Å². The first kappa shape index (κ1) is 15.1. The Morgan fingerprint density at radius 3 is 2.40 bits per heavy atom. The number of piperidine rings is 1. The molecule has 0 aromatic rings. The summed E-state index contributed by atoms with van der Waals surface area (Å²) < 4.78 is 5.83. The van der Waals surface area contributed by atoms with E-state index in [1.807, 2.05) is 0 Å². The molecule has 1 aliphatic carbocycles. The fourth-order valence-corrected chi connectivity index (χ4v) is 3.16. The van der Waals surface area contributed by atoms with E-state index < -0.39 is 18.0 Å². The van der Waals surface area contributed by atoms with Gasteiger partial charge in [-0.25, -0.2) is 4.79 Å². The second kappa shape index (κ2) is 6.92. The van der Waals surface area contributed by atoms with E-state index in [-0.39, 0.29) is 18.7 Å². The number of amides is 1. The molecule has 0 aromatic heterocycles. The Morgan fingerprint density at radius 1 is 1.10 bits per heavy atom. The van der Waals surface area contributed by atoms with Crippen molar-refractivity contribution in [3.63, 3.8) is 0 Å². The monoisotopic (exact) mass is 285 g/mol. The lowest BCUT2D eigenvalue weighted by molar-refractivity contribution is -0.144. The molecule has 6 heteroatoms. The molecule has 0 spiro atoms. The van der Waals surface area contributed by atoms with Crippen LogP contribution in [0, 0.1) is 5.92 Å². The maximum atomic E-state index is 11.2. The Balaban J connectivity index is 1.89. The molecular formula is C14H23NO5. The number of likely N-dealkylation sites (tertiary alicyclic amines) is 1. The summed E-state index contributed by atoms with van der Waals surface area (Å²) in [5, 5.41) is 18.3. The lowest BCUT2D eigenvalue weighted by atomic mass is 9.91. The van der Waals surface area contributed by atoms with E-state index in [1.165, 1.54) is 11.3 Å². The summed E-state index contributed by atoms with van der Waals surface area (Å²) in [5.74, 6) is -1.29. The van der Waals surface area contributed by atoms with Crippen LogP contribution < -0.4 is 0 Å². The number of hydrogen-bond donors (Lipinski definition) is 2. The lowest BCUT2D eigenvalue weighted by Gasteiger charge is -2.37. The van der Waals surface area contributed by atoms with E-state index in [2.05, 4.69) is 0 Å². The highest BCUT2D eigenvalue weighted by Crippen LogP contribution is 2.26. The van der Waals surface area contributed by atoms with Gasteiger partial charge in [-0.15, -0.1) is 0 Å². The molecule has 2 rings (SSSR count). The number of aliphatic carboxylic acids is 1. The van der Waals surface area contributed by atoms with Crippen LogP contribution in [0.2, 0.25) is 0 Å². The average molecular weight is 285 g/mol. The zero-order valence-corrected chi connectivity index (χ0v) is 11.7. The molecule has 6 nitrogen and oxygen atoms in total. The second-order valence-corrected chi connectivity index (χ2v) is 5.78. The molecule has 0 bridgehead atoms. The number of nitrogens with zero attached hydrogens (tertiary/aromatic N) is 1. The fourth-order valence-electron chi connectivity index (χ4n) is 3.16. The van der Waals surface area contributed by atoms with Crippen molar-refractivity contribution in [2.24, 2.45) is 5.92 Å². The summed E-state index contributed by atoms with van der Waals surface area (Å²) in [6.45, 7) is 0.603. The first-order chi connectivity index (χ1) is 9.58. The van der Waals surface area contributed by atoms with Crippen molar-refractivity contribution < 1.29 is 24.5 Å². The summed E-state index contributed by atoms with van der Waals surface area (Å²) in [5.41, 5.74) is 0. The van der Waals surface area contributed by atoms with Crippen LogP contribution in [0.25, 0.3) is 0 Å². The van der Waals surface area contributed by atoms with Crippen molar-refractivity contribution in [2.75, 3.05) is 13.2 Å². The van der Waals surface area contributed by atoms with Crippen molar-refractivity contribution in [1.82, 2.24) is 4.90 Å². The van der Waals surface area contributed by atoms with Gasteiger partial charge in [0.15, 0.2) is 0 Å². The smallest absolute Gasteiger partial charge is 0.407 e. The highest BCUT2D eigenvalue weighted by Gasteiger charge is 2.35. The van der Waals surface area contributed by atoms with E-state index >= 15 is 0 Å². The van der Waals surface area contributed by atoms with Crippen molar-refractivity contribution in [3.8, 4) is 0 Å². The third kappa shape index (κ3) is 3.85. The van der Waals surface area contributed by atoms with Crippen molar-refractivity contribution in [3.05, 3.63) is 0 Å². The molecule has 1 saturated carbocycles. The molecule has 2 atom stereocenters. The number of carbonyl (C=O) groups is 2. The predicted molar refractivity (Wildman–Crippen MR) is 71.7 cm³/mol. The van der Waals surface area contributed by atoms with Crippen LogP contribution in [0.1, 0.15) is 44.9 Å².